The smallest absolute Gasteiger partial charge is 0.231 e. The normalized spacial score (nSPS) is 11.9. The SMILES string of the molecule is Cc1ccc(NC(=O)Cc2csc(C(N)Cc3ccccc3)n2)nc1. The van der Waals surface area contributed by atoms with Gasteiger partial charge in [-0.3, -0.25) is 4.79 Å². The van der Waals surface area contributed by atoms with Gasteiger partial charge in [0, 0.05) is 11.6 Å². The minimum absolute atomic E-state index is 0.134. The van der Waals surface area contributed by atoms with Gasteiger partial charge in [-0.25, -0.2) is 9.97 Å². The number of aromatic nitrogens is 2. The summed E-state index contributed by atoms with van der Waals surface area (Å²) in [6.07, 6.45) is 2.66. The molecule has 25 heavy (non-hydrogen) atoms. The average Bonchev–Trinajstić information content (AvgIpc) is 3.06. The average molecular weight is 352 g/mol. The van der Waals surface area contributed by atoms with Gasteiger partial charge in [0.2, 0.25) is 5.91 Å². The van der Waals surface area contributed by atoms with Gasteiger partial charge >= 0.3 is 0 Å². The molecule has 3 rings (SSSR count). The number of nitrogens with two attached hydrogens (primary N) is 1. The molecule has 2 aromatic heterocycles. The van der Waals surface area contributed by atoms with E-state index >= 15 is 0 Å². The first-order valence-corrected chi connectivity index (χ1v) is 8.94. The third-order valence-corrected chi connectivity index (χ3v) is 4.73. The highest BCUT2D eigenvalue weighted by molar-refractivity contribution is 7.09. The Kier molecular flexibility index (Phi) is 5.53. The van der Waals surface area contributed by atoms with Crippen molar-refractivity contribution in [3.8, 4) is 0 Å². The molecule has 0 radical (unpaired) electrons. The quantitative estimate of drug-likeness (QED) is 0.713. The Bertz CT molecular complexity index is 830. The molecule has 5 nitrogen and oxygen atoms in total. The predicted octanol–water partition coefficient (Wildman–Crippen LogP) is 3.27. The fourth-order valence-electron chi connectivity index (χ4n) is 2.42. The number of aryl methyl sites for hydroxylation is 1. The topological polar surface area (TPSA) is 80.9 Å². The third kappa shape index (κ3) is 4.95. The second-order valence-electron chi connectivity index (χ2n) is 5.92. The summed E-state index contributed by atoms with van der Waals surface area (Å²) in [7, 11) is 0. The lowest BCUT2D eigenvalue weighted by molar-refractivity contribution is -0.115. The van der Waals surface area contributed by atoms with E-state index in [1.165, 1.54) is 16.9 Å². The van der Waals surface area contributed by atoms with Gasteiger partial charge in [0.05, 0.1) is 18.2 Å². The lowest BCUT2D eigenvalue weighted by Crippen LogP contribution is -2.16. The number of hydrogen-bond donors (Lipinski definition) is 2. The summed E-state index contributed by atoms with van der Waals surface area (Å²) in [5.74, 6) is 0.414. The van der Waals surface area contributed by atoms with Crippen LogP contribution >= 0.6 is 11.3 Å². The zero-order valence-electron chi connectivity index (χ0n) is 14.0. The fourth-order valence-corrected chi connectivity index (χ4v) is 3.24. The zero-order chi connectivity index (χ0) is 17.6. The van der Waals surface area contributed by atoms with Crippen LogP contribution in [-0.2, 0) is 17.6 Å². The summed E-state index contributed by atoms with van der Waals surface area (Å²) in [4.78, 5) is 20.8. The molecular formula is C19H20N4OS. The monoisotopic (exact) mass is 352 g/mol. The highest BCUT2D eigenvalue weighted by atomic mass is 32.1. The molecule has 2 heterocycles. The van der Waals surface area contributed by atoms with Crippen molar-refractivity contribution < 1.29 is 4.79 Å². The van der Waals surface area contributed by atoms with Crippen molar-refractivity contribution in [2.24, 2.45) is 5.73 Å². The number of rotatable bonds is 6. The highest BCUT2D eigenvalue weighted by Crippen LogP contribution is 2.20. The molecule has 1 atom stereocenters. The van der Waals surface area contributed by atoms with E-state index in [4.69, 9.17) is 5.73 Å². The van der Waals surface area contributed by atoms with Gasteiger partial charge in [0.15, 0.2) is 0 Å². The Morgan fingerprint density at radius 1 is 1.24 bits per heavy atom. The van der Waals surface area contributed by atoms with E-state index in [9.17, 15) is 4.79 Å². The molecule has 6 heteroatoms. The molecular weight excluding hydrogens is 332 g/mol. The van der Waals surface area contributed by atoms with Crippen LogP contribution in [0.5, 0.6) is 0 Å². The van der Waals surface area contributed by atoms with Crippen molar-refractivity contribution in [2.45, 2.75) is 25.8 Å². The van der Waals surface area contributed by atoms with Crippen LogP contribution in [0.1, 0.15) is 27.9 Å². The van der Waals surface area contributed by atoms with Crippen LogP contribution in [0.15, 0.2) is 54.0 Å². The molecule has 1 aromatic carbocycles. The summed E-state index contributed by atoms with van der Waals surface area (Å²) >= 11 is 1.50. The fraction of sp³-hybridized carbons (Fsp3) is 0.211. The number of amides is 1. The summed E-state index contributed by atoms with van der Waals surface area (Å²) in [6, 6.07) is 13.6. The van der Waals surface area contributed by atoms with Crippen LogP contribution in [0.3, 0.4) is 0 Å². The predicted molar refractivity (Wildman–Crippen MR) is 100 cm³/mol. The number of carbonyl (C=O) groups is 1. The van der Waals surface area contributed by atoms with Gasteiger partial charge in [-0.05, 0) is 30.5 Å². The maximum Gasteiger partial charge on any atom is 0.231 e. The van der Waals surface area contributed by atoms with Gasteiger partial charge in [-0.15, -0.1) is 11.3 Å². The first-order chi connectivity index (χ1) is 12.1. The largest absolute Gasteiger partial charge is 0.322 e. The van der Waals surface area contributed by atoms with Crippen molar-refractivity contribution in [3.63, 3.8) is 0 Å². The van der Waals surface area contributed by atoms with Crippen molar-refractivity contribution >= 4 is 23.1 Å². The van der Waals surface area contributed by atoms with Crippen molar-refractivity contribution in [1.82, 2.24) is 9.97 Å². The number of anilines is 1. The lowest BCUT2D eigenvalue weighted by atomic mass is 10.1. The van der Waals surface area contributed by atoms with Crippen LogP contribution < -0.4 is 11.1 Å². The molecule has 3 N–H and O–H groups in total. The van der Waals surface area contributed by atoms with E-state index in [1.807, 2.05) is 36.6 Å². The van der Waals surface area contributed by atoms with Gasteiger partial charge in [-0.1, -0.05) is 36.4 Å². The molecule has 0 bridgehead atoms. The molecule has 0 saturated carbocycles. The van der Waals surface area contributed by atoms with Crippen molar-refractivity contribution in [2.75, 3.05) is 5.32 Å². The van der Waals surface area contributed by atoms with E-state index < -0.39 is 0 Å². The van der Waals surface area contributed by atoms with E-state index in [0.717, 1.165) is 22.7 Å². The summed E-state index contributed by atoms with van der Waals surface area (Å²) in [5, 5.41) is 5.52. The highest BCUT2D eigenvalue weighted by Gasteiger charge is 2.14. The number of pyridine rings is 1. The number of nitrogens with one attached hydrogen (secondary N) is 1. The van der Waals surface area contributed by atoms with Gasteiger partial charge in [0.1, 0.15) is 10.8 Å². The molecule has 128 valence electrons. The van der Waals surface area contributed by atoms with Crippen LogP contribution in [0.4, 0.5) is 5.82 Å². The number of benzene rings is 1. The molecule has 0 saturated heterocycles. The summed E-state index contributed by atoms with van der Waals surface area (Å²) in [6.45, 7) is 1.95. The molecule has 0 fully saturated rings. The van der Waals surface area contributed by atoms with E-state index in [0.29, 0.717) is 5.82 Å². The number of thiazole rings is 1. The molecule has 0 aliphatic heterocycles. The van der Waals surface area contributed by atoms with E-state index in [2.05, 4.69) is 27.4 Å². The van der Waals surface area contributed by atoms with E-state index in [-0.39, 0.29) is 18.4 Å². The minimum atomic E-state index is -0.164. The summed E-state index contributed by atoms with van der Waals surface area (Å²) in [5.41, 5.74) is 9.20. The Morgan fingerprint density at radius 3 is 2.76 bits per heavy atom. The van der Waals surface area contributed by atoms with Crippen LogP contribution in [-0.4, -0.2) is 15.9 Å². The van der Waals surface area contributed by atoms with Gasteiger partial charge in [0.25, 0.3) is 0 Å². The second kappa shape index (κ2) is 8.00. The third-order valence-electron chi connectivity index (χ3n) is 3.71. The van der Waals surface area contributed by atoms with Crippen molar-refractivity contribution in [3.05, 3.63) is 75.9 Å². The molecule has 3 aromatic rings. The Labute approximate surface area is 151 Å². The zero-order valence-corrected chi connectivity index (χ0v) is 14.8. The minimum Gasteiger partial charge on any atom is -0.322 e. The standard InChI is InChI=1S/C19H20N4OS/c1-13-7-8-17(21-11-13)23-18(24)10-15-12-25-19(22-15)16(20)9-14-5-3-2-4-6-14/h2-8,11-12,16H,9-10,20H2,1H3,(H,21,23,24). The lowest BCUT2D eigenvalue weighted by Gasteiger charge is -2.08. The number of carbonyl (C=O) groups excluding carboxylic acids is 1. The summed E-state index contributed by atoms with van der Waals surface area (Å²) < 4.78 is 0. The van der Waals surface area contributed by atoms with Crippen molar-refractivity contribution in [1.29, 1.82) is 0 Å². The molecule has 0 aliphatic rings. The molecule has 0 spiro atoms. The molecule has 1 unspecified atom stereocenters. The molecule has 1 amide bonds. The van der Waals surface area contributed by atoms with Crippen LogP contribution in [0, 0.1) is 6.92 Å². The second-order valence-corrected chi connectivity index (χ2v) is 6.81. The van der Waals surface area contributed by atoms with Gasteiger partial charge < -0.3 is 11.1 Å². The molecule has 0 aliphatic carbocycles. The Balaban J connectivity index is 1.57. The first-order valence-electron chi connectivity index (χ1n) is 8.06. The van der Waals surface area contributed by atoms with Crippen LogP contribution in [0.2, 0.25) is 0 Å². The maximum atomic E-state index is 12.1. The number of hydrogen-bond acceptors (Lipinski definition) is 5. The number of nitrogens with zero attached hydrogens (tertiary/aromatic N) is 2. The first kappa shape index (κ1) is 17.3. The maximum absolute atomic E-state index is 12.1. The Morgan fingerprint density at radius 2 is 2.04 bits per heavy atom. The Hall–Kier alpha value is -2.57. The van der Waals surface area contributed by atoms with Gasteiger partial charge in [-0.2, -0.15) is 0 Å². The van der Waals surface area contributed by atoms with E-state index in [1.54, 1.807) is 12.3 Å². The van der Waals surface area contributed by atoms with Crippen LogP contribution in [0.25, 0.3) is 0 Å².